The largest absolute Gasteiger partial charge is 0.385 e. The highest BCUT2D eigenvalue weighted by molar-refractivity contribution is 5.45. The van der Waals surface area contributed by atoms with Gasteiger partial charge in [0.05, 0.1) is 0 Å². The molecule has 0 atom stereocenters. The molecule has 0 heterocycles. The van der Waals surface area contributed by atoms with E-state index in [4.69, 9.17) is 5.73 Å². The molecule has 0 aliphatic carbocycles. The molecule has 1 aromatic carbocycles. The number of nitrogens with two attached hydrogens (primary N) is 1. The van der Waals surface area contributed by atoms with Crippen molar-refractivity contribution >= 4 is 5.69 Å². The van der Waals surface area contributed by atoms with Crippen molar-refractivity contribution in [3.8, 4) is 0 Å². The smallest absolute Gasteiger partial charge is 0.0340 e. The predicted molar refractivity (Wildman–Crippen MR) is 76.5 cm³/mol. The minimum atomic E-state index is -0.0989. The lowest BCUT2D eigenvalue weighted by molar-refractivity contribution is 0.491. The SMILES string of the molecule is CC(C)(N)CCNc1ccc(C(C)(C)C)cc1. The first-order valence-electron chi connectivity index (χ1n) is 6.32. The molecular weight excluding hydrogens is 208 g/mol. The van der Waals surface area contributed by atoms with E-state index in [1.807, 2.05) is 0 Å². The fraction of sp³-hybridized carbons (Fsp3) is 0.600. The van der Waals surface area contributed by atoms with Gasteiger partial charge in [-0.3, -0.25) is 0 Å². The van der Waals surface area contributed by atoms with Crippen LogP contribution in [0.15, 0.2) is 24.3 Å². The fourth-order valence-electron chi connectivity index (χ4n) is 1.62. The van der Waals surface area contributed by atoms with E-state index in [9.17, 15) is 0 Å². The van der Waals surface area contributed by atoms with Crippen LogP contribution >= 0.6 is 0 Å². The Balaban J connectivity index is 2.52. The van der Waals surface area contributed by atoms with Gasteiger partial charge in [-0.15, -0.1) is 0 Å². The maximum atomic E-state index is 5.94. The Bertz CT molecular complexity index is 339. The van der Waals surface area contributed by atoms with Gasteiger partial charge in [0.2, 0.25) is 0 Å². The highest BCUT2D eigenvalue weighted by atomic mass is 14.9. The van der Waals surface area contributed by atoms with Gasteiger partial charge in [0, 0.05) is 17.8 Å². The topological polar surface area (TPSA) is 38.0 Å². The second-order valence-corrected chi connectivity index (χ2v) is 6.49. The third kappa shape index (κ3) is 5.22. The Morgan fingerprint density at radius 1 is 1.00 bits per heavy atom. The molecule has 0 aliphatic rings. The summed E-state index contributed by atoms with van der Waals surface area (Å²) in [6.07, 6.45) is 0.966. The molecule has 0 amide bonds. The van der Waals surface area contributed by atoms with Gasteiger partial charge in [0.1, 0.15) is 0 Å². The summed E-state index contributed by atoms with van der Waals surface area (Å²) in [5, 5.41) is 3.40. The summed E-state index contributed by atoms with van der Waals surface area (Å²) in [5.74, 6) is 0. The molecule has 0 saturated heterocycles. The van der Waals surface area contributed by atoms with E-state index in [1.54, 1.807) is 0 Å². The molecule has 0 bridgehead atoms. The van der Waals surface area contributed by atoms with Gasteiger partial charge in [-0.25, -0.2) is 0 Å². The van der Waals surface area contributed by atoms with E-state index in [0.717, 1.165) is 13.0 Å². The van der Waals surface area contributed by atoms with Crippen LogP contribution in [0.5, 0.6) is 0 Å². The summed E-state index contributed by atoms with van der Waals surface area (Å²) in [7, 11) is 0. The van der Waals surface area contributed by atoms with E-state index in [0.29, 0.717) is 0 Å². The molecule has 0 radical (unpaired) electrons. The molecule has 0 fully saturated rings. The zero-order chi connectivity index (χ0) is 13.1. The zero-order valence-electron chi connectivity index (χ0n) is 11.8. The molecular formula is C15H26N2. The maximum absolute atomic E-state index is 5.94. The first-order chi connectivity index (χ1) is 7.68. The summed E-state index contributed by atoms with van der Waals surface area (Å²) in [6.45, 7) is 11.7. The standard InChI is InChI=1S/C15H26N2/c1-14(2,3)12-6-8-13(9-7-12)17-11-10-15(4,5)16/h6-9,17H,10-11,16H2,1-5H3. The molecule has 3 N–H and O–H groups in total. The maximum Gasteiger partial charge on any atom is 0.0340 e. The predicted octanol–water partition coefficient (Wildman–Crippen LogP) is 3.52. The minimum Gasteiger partial charge on any atom is -0.385 e. The zero-order valence-corrected chi connectivity index (χ0v) is 11.8. The average Bonchev–Trinajstić information content (AvgIpc) is 2.15. The van der Waals surface area contributed by atoms with Crippen LogP contribution in [0.3, 0.4) is 0 Å². The highest BCUT2D eigenvalue weighted by Crippen LogP contribution is 2.23. The first kappa shape index (κ1) is 14.0. The summed E-state index contributed by atoms with van der Waals surface area (Å²) >= 11 is 0. The van der Waals surface area contributed by atoms with E-state index in [-0.39, 0.29) is 11.0 Å². The van der Waals surface area contributed by atoms with Crippen LogP contribution in [0.2, 0.25) is 0 Å². The van der Waals surface area contributed by atoms with Crippen molar-refractivity contribution in [1.82, 2.24) is 0 Å². The number of hydrogen-bond acceptors (Lipinski definition) is 2. The van der Waals surface area contributed by atoms with Crippen LogP contribution in [0, 0.1) is 0 Å². The molecule has 1 rings (SSSR count). The van der Waals surface area contributed by atoms with E-state index in [1.165, 1.54) is 11.3 Å². The lowest BCUT2D eigenvalue weighted by Crippen LogP contribution is -2.34. The summed E-state index contributed by atoms with van der Waals surface area (Å²) in [5.41, 5.74) is 8.59. The van der Waals surface area contributed by atoms with Gasteiger partial charge in [-0.2, -0.15) is 0 Å². The minimum absolute atomic E-state index is 0.0989. The van der Waals surface area contributed by atoms with Crippen LogP contribution in [0.25, 0.3) is 0 Å². The second-order valence-electron chi connectivity index (χ2n) is 6.49. The third-order valence-electron chi connectivity index (χ3n) is 2.85. The van der Waals surface area contributed by atoms with E-state index in [2.05, 4.69) is 64.2 Å². The molecule has 0 aliphatic heterocycles. The molecule has 2 nitrogen and oxygen atoms in total. The molecule has 2 heteroatoms. The number of benzene rings is 1. The Morgan fingerprint density at radius 3 is 1.94 bits per heavy atom. The number of rotatable bonds is 4. The molecule has 0 saturated carbocycles. The Hall–Kier alpha value is -1.02. The van der Waals surface area contributed by atoms with Crippen molar-refractivity contribution in [2.24, 2.45) is 5.73 Å². The molecule has 96 valence electrons. The van der Waals surface area contributed by atoms with E-state index < -0.39 is 0 Å². The van der Waals surface area contributed by atoms with Crippen LogP contribution < -0.4 is 11.1 Å². The van der Waals surface area contributed by atoms with Crippen molar-refractivity contribution in [3.05, 3.63) is 29.8 Å². The monoisotopic (exact) mass is 234 g/mol. The summed E-state index contributed by atoms with van der Waals surface area (Å²) in [6, 6.07) is 8.67. The van der Waals surface area contributed by atoms with Crippen LogP contribution in [-0.4, -0.2) is 12.1 Å². The van der Waals surface area contributed by atoms with Crippen molar-refractivity contribution in [2.75, 3.05) is 11.9 Å². The van der Waals surface area contributed by atoms with Crippen molar-refractivity contribution in [1.29, 1.82) is 0 Å². The first-order valence-corrected chi connectivity index (χ1v) is 6.32. The lowest BCUT2D eigenvalue weighted by atomic mass is 9.87. The van der Waals surface area contributed by atoms with Gasteiger partial charge in [-0.05, 0) is 43.4 Å². The third-order valence-corrected chi connectivity index (χ3v) is 2.85. The Morgan fingerprint density at radius 2 is 1.53 bits per heavy atom. The van der Waals surface area contributed by atoms with Crippen LogP contribution in [0.4, 0.5) is 5.69 Å². The summed E-state index contributed by atoms with van der Waals surface area (Å²) < 4.78 is 0. The Labute approximate surface area is 106 Å². The highest BCUT2D eigenvalue weighted by Gasteiger charge is 2.13. The number of nitrogens with one attached hydrogen (secondary N) is 1. The molecule has 0 aromatic heterocycles. The Kier molecular flexibility index (Phi) is 4.21. The van der Waals surface area contributed by atoms with Crippen LogP contribution in [-0.2, 0) is 5.41 Å². The summed E-state index contributed by atoms with van der Waals surface area (Å²) in [4.78, 5) is 0. The molecule has 0 unspecified atom stereocenters. The lowest BCUT2D eigenvalue weighted by Gasteiger charge is -2.20. The molecule has 0 spiro atoms. The van der Waals surface area contributed by atoms with Gasteiger partial charge >= 0.3 is 0 Å². The van der Waals surface area contributed by atoms with Gasteiger partial charge in [0.25, 0.3) is 0 Å². The molecule has 17 heavy (non-hydrogen) atoms. The quantitative estimate of drug-likeness (QED) is 0.836. The molecule has 1 aromatic rings. The van der Waals surface area contributed by atoms with E-state index >= 15 is 0 Å². The normalized spacial score (nSPS) is 12.6. The average molecular weight is 234 g/mol. The van der Waals surface area contributed by atoms with Crippen molar-refractivity contribution < 1.29 is 0 Å². The fourth-order valence-corrected chi connectivity index (χ4v) is 1.62. The van der Waals surface area contributed by atoms with Gasteiger partial charge in [-0.1, -0.05) is 32.9 Å². The van der Waals surface area contributed by atoms with Crippen molar-refractivity contribution in [3.63, 3.8) is 0 Å². The number of anilines is 1. The van der Waals surface area contributed by atoms with Gasteiger partial charge < -0.3 is 11.1 Å². The van der Waals surface area contributed by atoms with Gasteiger partial charge in [0.15, 0.2) is 0 Å². The number of hydrogen-bond donors (Lipinski definition) is 2. The van der Waals surface area contributed by atoms with Crippen LogP contribution in [0.1, 0.15) is 46.6 Å². The second kappa shape index (κ2) is 5.09. The van der Waals surface area contributed by atoms with Crippen molar-refractivity contribution in [2.45, 2.75) is 52.0 Å².